The minimum atomic E-state index is -0.540. The summed E-state index contributed by atoms with van der Waals surface area (Å²) < 4.78 is 1.12. The Morgan fingerprint density at radius 1 is 1.09 bits per heavy atom. The molecule has 2 saturated heterocycles. The molecule has 0 aliphatic carbocycles. The van der Waals surface area contributed by atoms with E-state index in [0.717, 1.165) is 9.13 Å². The molecule has 1 aromatic rings. The Morgan fingerprint density at radius 3 is 2.52 bits per heavy atom. The molecule has 5 nitrogen and oxygen atoms in total. The number of hydrogen-bond acceptors (Lipinski definition) is 4. The number of carbonyl (C=O) groups is 3. The average molecular weight is 422 g/mol. The summed E-state index contributed by atoms with van der Waals surface area (Å²) in [7, 11) is 1.51. The molecule has 2 fully saturated rings. The van der Waals surface area contributed by atoms with E-state index in [2.05, 4.69) is 22.6 Å². The summed E-state index contributed by atoms with van der Waals surface area (Å²) in [5, 5.41) is 0. The zero-order valence-electron chi connectivity index (χ0n) is 12.5. The monoisotopic (exact) mass is 422 g/mol. The van der Waals surface area contributed by atoms with Gasteiger partial charge >= 0.3 is 0 Å². The second kappa shape index (κ2) is 5.24. The molecule has 0 saturated carbocycles. The van der Waals surface area contributed by atoms with Crippen LogP contribution in [0.5, 0.6) is 0 Å². The highest BCUT2D eigenvalue weighted by Crippen LogP contribution is 2.45. The maximum Gasteiger partial charge on any atom is 0.234 e. The van der Waals surface area contributed by atoms with Crippen molar-refractivity contribution in [2.75, 3.05) is 7.05 Å². The summed E-state index contributed by atoms with van der Waals surface area (Å²) in [6.07, 6.45) is 3.34. The van der Waals surface area contributed by atoms with Crippen molar-refractivity contribution in [3.63, 3.8) is 0 Å². The summed E-state index contributed by atoms with van der Waals surface area (Å²) in [6.45, 7) is 0.571. The van der Waals surface area contributed by atoms with Gasteiger partial charge in [-0.15, -0.1) is 0 Å². The van der Waals surface area contributed by atoms with Gasteiger partial charge in [0.1, 0.15) is 0 Å². The Kier molecular flexibility index (Phi) is 3.42. The number of hydrogen-bond donors (Lipinski definition) is 0. The number of carbonyl (C=O) groups excluding carboxylic acids is 3. The summed E-state index contributed by atoms with van der Waals surface area (Å²) in [5.74, 6) is -1.43. The lowest BCUT2D eigenvalue weighted by atomic mass is 9.90. The topological polar surface area (TPSA) is 57.7 Å². The molecule has 2 amide bonds. The van der Waals surface area contributed by atoms with Crippen molar-refractivity contribution in [3.05, 3.63) is 45.6 Å². The molecule has 0 unspecified atom stereocenters. The zero-order valence-corrected chi connectivity index (χ0v) is 14.6. The van der Waals surface area contributed by atoms with Crippen molar-refractivity contribution in [3.8, 4) is 0 Å². The summed E-state index contributed by atoms with van der Waals surface area (Å²) in [4.78, 5) is 40.5. The lowest BCUT2D eigenvalue weighted by Gasteiger charge is -2.33. The van der Waals surface area contributed by atoms with E-state index in [-0.39, 0.29) is 23.6 Å². The molecule has 0 aromatic heterocycles. The number of rotatable bonds is 2. The standard InChI is InChI=1S/C17H15IN2O3/c1-19-16(22)13-11-6-7-12(21)15(14(13)17(19)23)20(11)8-9-4-2-3-5-10(9)18/h2-7,11,13-15H,8H2,1H3/t11-,13+,14+,15+/m0/s1. The van der Waals surface area contributed by atoms with Gasteiger partial charge in [0.2, 0.25) is 11.8 Å². The lowest BCUT2D eigenvalue weighted by Crippen LogP contribution is -2.48. The second-order valence-corrected chi connectivity index (χ2v) is 7.41. The zero-order chi connectivity index (χ0) is 16.3. The number of amides is 2. The third-order valence-electron chi connectivity index (χ3n) is 5.13. The molecule has 0 N–H and O–H groups in total. The number of halogens is 1. The molecule has 3 aliphatic heterocycles. The van der Waals surface area contributed by atoms with Crippen molar-refractivity contribution in [2.24, 2.45) is 11.8 Å². The number of benzene rings is 1. The number of ketones is 1. The normalized spacial score (nSPS) is 32.8. The van der Waals surface area contributed by atoms with E-state index >= 15 is 0 Å². The Hall–Kier alpha value is -1.54. The van der Waals surface area contributed by atoms with Gasteiger partial charge < -0.3 is 0 Å². The van der Waals surface area contributed by atoms with Crippen molar-refractivity contribution in [1.29, 1.82) is 0 Å². The molecule has 3 heterocycles. The van der Waals surface area contributed by atoms with Crippen LogP contribution in [0.1, 0.15) is 5.56 Å². The van der Waals surface area contributed by atoms with Crippen LogP contribution in [-0.4, -0.2) is 46.5 Å². The van der Waals surface area contributed by atoms with Gasteiger partial charge in [-0.3, -0.25) is 24.2 Å². The Morgan fingerprint density at radius 2 is 1.78 bits per heavy atom. The van der Waals surface area contributed by atoms with Gasteiger partial charge in [-0.1, -0.05) is 24.3 Å². The molecular weight excluding hydrogens is 407 g/mol. The van der Waals surface area contributed by atoms with Crippen LogP contribution in [-0.2, 0) is 20.9 Å². The van der Waals surface area contributed by atoms with E-state index in [0.29, 0.717) is 6.54 Å². The fourth-order valence-corrected chi connectivity index (χ4v) is 4.60. The van der Waals surface area contributed by atoms with E-state index in [1.54, 1.807) is 12.2 Å². The van der Waals surface area contributed by atoms with Gasteiger partial charge in [0, 0.05) is 23.2 Å². The summed E-state index contributed by atoms with van der Waals surface area (Å²) >= 11 is 2.27. The fourth-order valence-electron chi connectivity index (χ4n) is 4.04. The fraction of sp³-hybridized carbons (Fsp3) is 0.353. The van der Waals surface area contributed by atoms with Gasteiger partial charge in [0.15, 0.2) is 5.78 Å². The predicted octanol–water partition coefficient (Wildman–Crippen LogP) is 1.21. The van der Waals surface area contributed by atoms with Crippen LogP contribution in [0.15, 0.2) is 36.4 Å². The highest BCUT2D eigenvalue weighted by molar-refractivity contribution is 14.1. The van der Waals surface area contributed by atoms with E-state index < -0.39 is 17.9 Å². The van der Waals surface area contributed by atoms with E-state index in [1.165, 1.54) is 11.9 Å². The maximum atomic E-state index is 12.4. The van der Waals surface area contributed by atoms with Crippen molar-refractivity contribution in [2.45, 2.75) is 18.6 Å². The van der Waals surface area contributed by atoms with Crippen molar-refractivity contribution in [1.82, 2.24) is 9.80 Å². The van der Waals surface area contributed by atoms with Crippen LogP contribution >= 0.6 is 22.6 Å². The average Bonchev–Trinajstić information content (AvgIpc) is 2.89. The van der Waals surface area contributed by atoms with Crippen molar-refractivity contribution >= 4 is 40.2 Å². The minimum absolute atomic E-state index is 0.0730. The molecule has 0 spiro atoms. The Balaban J connectivity index is 1.74. The number of nitrogens with zero attached hydrogens (tertiary/aromatic N) is 2. The van der Waals surface area contributed by atoms with Gasteiger partial charge in [-0.05, 0) is 40.3 Å². The van der Waals surface area contributed by atoms with Crippen LogP contribution in [0.2, 0.25) is 0 Å². The third kappa shape index (κ3) is 2.04. The molecule has 3 aliphatic rings. The van der Waals surface area contributed by atoms with Gasteiger partial charge in [-0.25, -0.2) is 0 Å². The maximum absolute atomic E-state index is 12.4. The SMILES string of the molecule is CN1C(=O)[C@@H]2[C@H](C1=O)[C@@H]1C=CC(=O)[C@H]2N1Cc1ccccc1I. The number of fused-ring (bicyclic) bond motifs is 5. The van der Waals surface area contributed by atoms with E-state index in [9.17, 15) is 14.4 Å². The number of likely N-dealkylation sites (tertiary alicyclic amines) is 1. The smallest absolute Gasteiger partial charge is 0.234 e. The quantitative estimate of drug-likeness (QED) is 0.532. The van der Waals surface area contributed by atoms with Crippen LogP contribution in [0, 0.1) is 15.4 Å². The van der Waals surface area contributed by atoms with Crippen LogP contribution in [0.25, 0.3) is 0 Å². The van der Waals surface area contributed by atoms with E-state index in [4.69, 9.17) is 0 Å². The highest BCUT2D eigenvalue weighted by Gasteiger charge is 2.63. The predicted molar refractivity (Wildman–Crippen MR) is 91.2 cm³/mol. The Labute approximate surface area is 147 Å². The van der Waals surface area contributed by atoms with Gasteiger partial charge in [0.25, 0.3) is 0 Å². The first kappa shape index (κ1) is 15.0. The molecule has 118 valence electrons. The van der Waals surface area contributed by atoms with Crippen molar-refractivity contribution < 1.29 is 14.4 Å². The van der Waals surface area contributed by atoms with Gasteiger partial charge in [-0.2, -0.15) is 0 Å². The molecule has 23 heavy (non-hydrogen) atoms. The van der Waals surface area contributed by atoms with Crippen LogP contribution in [0.4, 0.5) is 0 Å². The Bertz CT molecular complexity index is 760. The number of imide groups is 1. The molecule has 4 atom stereocenters. The third-order valence-corrected chi connectivity index (χ3v) is 6.18. The molecule has 1 aromatic carbocycles. The first-order valence-electron chi connectivity index (χ1n) is 7.53. The van der Waals surface area contributed by atoms with E-state index in [1.807, 2.05) is 29.2 Å². The highest BCUT2D eigenvalue weighted by atomic mass is 127. The minimum Gasteiger partial charge on any atom is -0.293 e. The molecular formula is C17H15IN2O3. The first-order chi connectivity index (χ1) is 11.0. The second-order valence-electron chi connectivity index (χ2n) is 6.25. The van der Waals surface area contributed by atoms with Crippen LogP contribution < -0.4 is 0 Å². The molecule has 4 rings (SSSR count). The van der Waals surface area contributed by atoms with Crippen LogP contribution in [0.3, 0.4) is 0 Å². The molecule has 6 heteroatoms. The largest absolute Gasteiger partial charge is 0.293 e. The molecule has 2 bridgehead atoms. The summed E-state index contributed by atoms with van der Waals surface area (Å²) in [6, 6.07) is 7.27. The van der Waals surface area contributed by atoms with Gasteiger partial charge in [0.05, 0.1) is 17.9 Å². The summed E-state index contributed by atoms with van der Waals surface area (Å²) in [5.41, 5.74) is 1.11. The lowest BCUT2D eigenvalue weighted by molar-refractivity contribution is -0.141. The molecule has 0 radical (unpaired) electrons. The first-order valence-corrected chi connectivity index (χ1v) is 8.61.